The van der Waals surface area contributed by atoms with Gasteiger partial charge < -0.3 is 16.0 Å². The van der Waals surface area contributed by atoms with E-state index in [1.807, 2.05) is 13.8 Å². The molecular formula is C13H23N5O. The van der Waals surface area contributed by atoms with E-state index in [2.05, 4.69) is 15.3 Å². The number of aromatic nitrogens is 2. The highest BCUT2D eigenvalue weighted by Gasteiger charge is 2.19. The Balaban J connectivity index is 1.92. The van der Waals surface area contributed by atoms with E-state index in [4.69, 9.17) is 5.73 Å². The van der Waals surface area contributed by atoms with Crippen LogP contribution >= 0.6 is 0 Å². The first kappa shape index (κ1) is 13.9. The molecule has 0 saturated carbocycles. The van der Waals surface area contributed by atoms with E-state index in [0.717, 1.165) is 19.6 Å². The molecule has 1 amide bonds. The summed E-state index contributed by atoms with van der Waals surface area (Å²) < 4.78 is 1.66. The number of hydrogen-bond acceptors (Lipinski definition) is 4. The third-order valence-electron chi connectivity index (χ3n) is 3.60. The quantitative estimate of drug-likeness (QED) is 0.818. The van der Waals surface area contributed by atoms with Crippen molar-refractivity contribution in [2.45, 2.75) is 33.2 Å². The Bertz CT molecular complexity index is 448. The van der Waals surface area contributed by atoms with E-state index in [1.165, 1.54) is 12.8 Å². The minimum absolute atomic E-state index is 0.126. The highest BCUT2D eigenvalue weighted by Crippen LogP contribution is 2.16. The van der Waals surface area contributed by atoms with Gasteiger partial charge in [-0.05, 0) is 39.8 Å². The average Bonchev–Trinajstić information content (AvgIpc) is 2.99. The molecule has 0 atom stereocenters. The van der Waals surface area contributed by atoms with Crippen LogP contribution in [-0.4, -0.2) is 46.8 Å². The van der Waals surface area contributed by atoms with E-state index < -0.39 is 0 Å². The molecule has 1 aliphatic heterocycles. The molecule has 2 heterocycles. The molecule has 6 heteroatoms. The molecule has 0 spiro atoms. The molecule has 0 radical (unpaired) electrons. The van der Waals surface area contributed by atoms with Crippen LogP contribution in [0.4, 0.5) is 5.69 Å². The van der Waals surface area contributed by atoms with Crippen LogP contribution in [0.25, 0.3) is 0 Å². The maximum absolute atomic E-state index is 12.2. The summed E-state index contributed by atoms with van der Waals surface area (Å²) in [5.41, 5.74) is 7.61. The van der Waals surface area contributed by atoms with Crippen molar-refractivity contribution < 1.29 is 4.79 Å². The Hall–Kier alpha value is -1.56. The molecule has 1 saturated heterocycles. The number of anilines is 1. The standard InChI is InChI=1S/C13H23N5O/c1-3-18-12(11(14)10(2)16-18)13(19)15-6-9-17-7-4-5-8-17/h3-9,14H2,1-2H3,(H,15,19). The van der Waals surface area contributed by atoms with E-state index in [9.17, 15) is 4.79 Å². The molecule has 106 valence electrons. The van der Waals surface area contributed by atoms with Crippen LogP contribution in [0, 0.1) is 6.92 Å². The number of nitrogens with two attached hydrogens (primary N) is 1. The Morgan fingerprint density at radius 1 is 1.42 bits per heavy atom. The van der Waals surface area contributed by atoms with E-state index in [1.54, 1.807) is 4.68 Å². The lowest BCUT2D eigenvalue weighted by molar-refractivity contribution is 0.0940. The van der Waals surface area contributed by atoms with E-state index in [-0.39, 0.29) is 5.91 Å². The van der Waals surface area contributed by atoms with Crippen molar-refractivity contribution in [1.29, 1.82) is 0 Å². The van der Waals surface area contributed by atoms with Crippen molar-refractivity contribution in [1.82, 2.24) is 20.0 Å². The Morgan fingerprint density at radius 2 is 2.11 bits per heavy atom. The van der Waals surface area contributed by atoms with Crippen molar-refractivity contribution in [3.05, 3.63) is 11.4 Å². The van der Waals surface area contributed by atoms with E-state index in [0.29, 0.717) is 30.2 Å². The molecule has 0 unspecified atom stereocenters. The van der Waals surface area contributed by atoms with Gasteiger partial charge in [-0.25, -0.2) is 0 Å². The molecule has 1 aromatic rings. The summed E-state index contributed by atoms with van der Waals surface area (Å²) in [7, 11) is 0. The summed E-state index contributed by atoms with van der Waals surface area (Å²) in [6.07, 6.45) is 2.53. The molecule has 3 N–H and O–H groups in total. The number of hydrogen-bond donors (Lipinski definition) is 2. The molecule has 1 fully saturated rings. The fourth-order valence-corrected chi connectivity index (χ4v) is 2.48. The van der Waals surface area contributed by atoms with Gasteiger partial charge in [0.2, 0.25) is 0 Å². The highest BCUT2D eigenvalue weighted by atomic mass is 16.2. The van der Waals surface area contributed by atoms with E-state index >= 15 is 0 Å². The summed E-state index contributed by atoms with van der Waals surface area (Å²) >= 11 is 0. The van der Waals surface area contributed by atoms with Crippen LogP contribution in [0.3, 0.4) is 0 Å². The number of nitrogen functional groups attached to an aromatic ring is 1. The lowest BCUT2D eigenvalue weighted by Crippen LogP contribution is -2.34. The minimum Gasteiger partial charge on any atom is -0.395 e. The zero-order valence-corrected chi connectivity index (χ0v) is 11.8. The van der Waals surface area contributed by atoms with Gasteiger partial charge in [0.15, 0.2) is 0 Å². The second-order valence-corrected chi connectivity index (χ2v) is 4.97. The predicted octanol–water partition coefficient (Wildman–Crippen LogP) is 0.619. The van der Waals surface area contributed by atoms with Crippen molar-refractivity contribution in [2.24, 2.45) is 0 Å². The minimum atomic E-state index is -0.126. The van der Waals surface area contributed by atoms with Crippen molar-refractivity contribution in [3.63, 3.8) is 0 Å². The summed E-state index contributed by atoms with van der Waals surface area (Å²) in [6.45, 7) is 8.27. The SMILES string of the molecule is CCn1nc(C)c(N)c1C(=O)NCCN1CCCC1. The summed E-state index contributed by atoms with van der Waals surface area (Å²) in [5.74, 6) is -0.126. The zero-order valence-electron chi connectivity index (χ0n) is 11.8. The van der Waals surface area contributed by atoms with Gasteiger partial charge in [-0.15, -0.1) is 0 Å². The zero-order chi connectivity index (χ0) is 13.8. The first-order valence-electron chi connectivity index (χ1n) is 6.97. The van der Waals surface area contributed by atoms with Gasteiger partial charge in [0, 0.05) is 19.6 Å². The molecule has 6 nitrogen and oxygen atoms in total. The number of nitrogens with one attached hydrogen (secondary N) is 1. The second kappa shape index (κ2) is 6.06. The normalized spacial score (nSPS) is 15.9. The molecule has 1 aliphatic rings. The molecular weight excluding hydrogens is 242 g/mol. The second-order valence-electron chi connectivity index (χ2n) is 4.97. The molecule has 2 rings (SSSR count). The predicted molar refractivity (Wildman–Crippen MR) is 75.1 cm³/mol. The van der Waals surface area contributed by atoms with Gasteiger partial charge in [-0.2, -0.15) is 5.10 Å². The molecule has 0 bridgehead atoms. The number of carbonyl (C=O) groups excluding carboxylic acids is 1. The number of likely N-dealkylation sites (tertiary alicyclic amines) is 1. The van der Waals surface area contributed by atoms with Gasteiger partial charge in [0.25, 0.3) is 5.91 Å². The smallest absolute Gasteiger partial charge is 0.271 e. The first-order chi connectivity index (χ1) is 9.13. The lowest BCUT2D eigenvalue weighted by atomic mass is 10.3. The monoisotopic (exact) mass is 265 g/mol. The Morgan fingerprint density at radius 3 is 2.74 bits per heavy atom. The number of amides is 1. The Kier molecular flexibility index (Phi) is 4.42. The summed E-state index contributed by atoms with van der Waals surface area (Å²) in [6, 6.07) is 0. The van der Waals surface area contributed by atoms with Gasteiger partial charge in [-0.3, -0.25) is 9.48 Å². The van der Waals surface area contributed by atoms with Gasteiger partial charge in [0.05, 0.1) is 11.4 Å². The van der Waals surface area contributed by atoms with Crippen molar-refractivity contribution >= 4 is 11.6 Å². The van der Waals surface area contributed by atoms with Crippen LogP contribution in [-0.2, 0) is 6.54 Å². The number of carbonyl (C=O) groups is 1. The lowest BCUT2D eigenvalue weighted by Gasteiger charge is -2.15. The van der Waals surface area contributed by atoms with Gasteiger partial charge in [0.1, 0.15) is 5.69 Å². The third kappa shape index (κ3) is 3.07. The third-order valence-corrected chi connectivity index (χ3v) is 3.60. The number of nitrogens with zero attached hydrogens (tertiary/aromatic N) is 3. The van der Waals surface area contributed by atoms with Crippen LogP contribution < -0.4 is 11.1 Å². The molecule has 0 aromatic carbocycles. The first-order valence-corrected chi connectivity index (χ1v) is 6.97. The summed E-state index contributed by atoms with van der Waals surface area (Å²) in [4.78, 5) is 14.5. The fourth-order valence-electron chi connectivity index (χ4n) is 2.48. The van der Waals surface area contributed by atoms with Crippen LogP contribution in [0.5, 0.6) is 0 Å². The van der Waals surface area contributed by atoms with Crippen LogP contribution in [0.15, 0.2) is 0 Å². The molecule has 1 aromatic heterocycles. The maximum Gasteiger partial charge on any atom is 0.271 e. The van der Waals surface area contributed by atoms with Gasteiger partial charge in [-0.1, -0.05) is 0 Å². The van der Waals surface area contributed by atoms with Crippen LogP contribution in [0.1, 0.15) is 35.9 Å². The topological polar surface area (TPSA) is 76.2 Å². The highest BCUT2D eigenvalue weighted by molar-refractivity contribution is 5.97. The van der Waals surface area contributed by atoms with Gasteiger partial charge >= 0.3 is 0 Å². The fraction of sp³-hybridized carbons (Fsp3) is 0.692. The average molecular weight is 265 g/mol. The number of aryl methyl sites for hydroxylation is 2. The molecule has 0 aliphatic carbocycles. The molecule has 19 heavy (non-hydrogen) atoms. The number of rotatable bonds is 5. The van der Waals surface area contributed by atoms with Crippen LogP contribution in [0.2, 0.25) is 0 Å². The summed E-state index contributed by atoms with van der Waals surface area (Å²) in [5, 5.41) is 7.19. The maximum atomic E-state index is 12.2. The largest absolute Gasteiger partial charge is 0.395 e. The van der Waals surface area contributed by atoms with Crippen molar-refractivity contribution in [2.75, 3.05) is 31.9 Å². The Labute approximate surface area is 113 Å². The van der Waals surface area contributed by atoms with Crippen molar-refractivity contribution in [3.8, 4) is 0 Å².